The van der Waals surface area contributed by atoms with Gasteiger partial charge in [-0.2, -0.15) is 0 Å². The molecule has 4 heteroatoms. The summed E-state index contributed by atoms with van der Waals surface area (Å²) in [6.07, 6.45) is 3.60. The Balaban J connectivity index is 2.49. The van der Waals surface area contributed by atoms with E-state index in [2.05, 4.69) is 5.32 Å². The lowest BCUT2D eigenvalue weighted by molar-refractivity contribution is -0.139. The van der Waals surface area contributed by atoms with E-state index in [0.29, 0.717) is 6.54 Å². The van der Waals surface area contributed by atoms with Gasteiger partial charge in [0.1, 0.15) is 0 Å². The fraction of sp³-hybridized carbons (Fsp3) is 0.923. The lowest BCUT2D eigenvalue weighted by Crippen LogP contribution is -2.49. The van der Waals surface area contributed by atoms with E-state index in [-0.39, 0.29) is 24.0 Å². The largest absolute Gasteiger partial charge is 0.391 e. The highest BCUT2D eigenvalue weighted by Crippen LogP contribution is 2.23. The molecule has 1 fully saturated rings. The third-order valence-electron chi connectivity index (χ3n) is 3.66. The molecule has 3 unspecified atom stereocenters. The van der Waals surface area contributed by atoms with Gasteiger partial charge < -0.3 is 15.3 Å². The van der Waals surface area contributed by atoms with Crippen molar-refractivity contribution in [3.05, 3.63) is 0 Å². The predicted octanol–water partition coefficient (Wildman–Crippen LogP) is 0.994. The van der Waals surface area contributed by atoms with E-state index in [4.69, 9.17) is 0 Å². The summed E-state index contributed by atoms with van der Waals surface area (Å²) >= 11 is 0. The summed E-state index contributed by atoms with van der Waals surface area (Å²) in [6.45, 7) is 5.57. The number of rotatable bonds is 5. The highest BCUT2D eigenvalue weighted by Gasteiger charge is 2.30. The second-order valence-electron chi connectivity index (χ2n) is 5.08. The Morgan fingerprint density at radius 3 is 2.71 bits per heavy atom. The van der Waals surface area contributed by atoms with Crippen LogP contribution in [0.25, 0.3) is 0 Å². The summed E-state index contributed by atoms with van der Waals surface area (Å²) in [6, 6.07) is 0.0142. The normalized spacial score (nSPS) is 26.6. The quantitative estimate of drug-likeness (QED) is 0.756. The van der Waals surface area contributed by atoms with E-state index < -0.39 is 0 Å². The zero-order chi connectivity index (χ0) is 12.8. The number of hydrogen-bond acceptors (Lipinski definition) is 3. The van der Waals surface area contributed by atoms with Gasteiger partial charge in [-0.15, -0.1) is 0 Å². The van der Waals surface area contributed by atoms with Crippen LogP contribution in [0.2, 0.25) is 0 Å². The summed E-state index contributed by atoms with van der Waals surface area (Å²) < 4.78 is 0. The Kier molecular flexibility index (Phi) is 5.92. The minimum Gasteiger partial charge on any atom is -0.391 e. The fourth-order valence-corrected chi connectivity index (χ4v) is 2.50. The van der Waals surface area contributed by atoms with Gasteiger partial charge >= 0.3 is 0 Å². The number of nitrogens with zero attached hydrogens (tertiary/aromatic N) is 1. The molecule has 0 aromatic rings. The molecule has 1 aliphatic carbocycles. The molecule has 0 aliphatic heterocycles. The molecule has 0 bridgehead atoms. The molecule has 1 saturated carbocycles. The predicted molar refractivity (Wildman–Crippen MR) is 68.7 cm³/mol. The van der Waals surface area contributed by atoms with Crippen LogP contribution in [-0.2, 0) is 4.79 Å². The van der Waals surface area contributed by atoms with Crippen LogP contribution in [0.5, 0.6) is 0 Å². The van der Waals surface area contributed by atoms with Crippen molar-refractivity contribution in [3.63, 3.8) is 0 Å². The molecule has 0 heterocycles. The number of hydrogen-bond donors (Lipinski definition) is 2. The topological polar surface area (TPSA) is 52.6 Å². The van der Waals surface area contributed by atoms with Crippen LogP contribution in [0.4, 0.5) is 0 Å². The second-order valence-corrected chi connectivity index (χ2v) is 5.08. The maximum absolute atomic E-state index is 12.2. The van der Waals surface area contributed by atoms with E-state index in [0.717, 1.165) is 32.2 Å². The second kappa shape index (κ2) is 6.97. The van der Waals surface area contributed by atoms with Crippen LogP contribution in [0.3, 0.4) is 0 Å². The van der Waals surface area contributed by atoms with Crippen molar-refractivity contribution in [2.24, 2.45) is 5.92 Å². The lowest BCUT2D eigenvalue weighted by atomic mass is 9.91. The summed E-state index contributed by atoms with van der Waals surface area (Å²) in [5, 5.41) is 13.1. The molecule has 4 nitrogen and oxygen atoms in total. The van der Waals surface area contributed by atoms with Gasteiger partial charge in [0.15, 0.2) is 0 Å². The number of nitrogens with one attached hydrogen (secondary N) is 1. The van der Waals surface area contributed by atoms with Crippen molar-refractivity contribution in [2.75, 3.05) is 20.1 Å². The van der Waals surface area contributed by atoms with Crippen LogP contribution in [0, 0.1) is 5.92 Å². The van der Waals surface area contributed by atoms with E-state index in [1.807, 2.05) is 20.9 Å². The first-order valence-electron chi connectivity index (χ1n) is 6.73. The van der Waals surface area contributed by atoms with Gasteiger partial charge in [-0.25, -0.2) is 0 Å². The van der Waals surface area contributed by atoms with Crippen LogP contribution in [-0.4, -0.2) is 48.2 Å². The van der Waals surface area contributed by atoms with Crippen molar-refractivity contribution >= 4 is 5.91 Å². The molecule has 0 aromatic heterocycles. The SMILES string of the molecule is CCNCC(C)C(=O)N(C)C1CCCCC1O. The highest BCUT2D eigenvalue weighted by atomic mass is 16.3. The number of aliphatic hydroxyl groups is 1. The Hall–Kier alpha value is -0.610. The lowest BCUT2D eigenvalue weighted by Gasteiger charge is -2.36. The zero-order valence-corrected chi connectivity index (χ0v) is 11.3. The van der Waals surface area contributed by atoms with Gasteiger partial charge in [0, 0.05) is 19.5 Å². The Labute approximate surface area is 104 Å². The Bertz CT molecular complexity index is 246. The molecule has 17 heavy (non-hydrogen) atoms. The molecule has 3 atom stereocenters. The smallest absolute Gasteiger partial charge is 0.226 e. The monoisotopic (exact) mass is 242 g/mol. The van der Waals surface area contributed by atoms with Crippen LogP contribution < -0.4 is 5.32 Å². The average Bonchev–Trinajstić information content (AvgIpc) is 2.34. The van der Waals surface area contributed by atoms with Gasteiger partial charge in [-0.05, 0) is 19.4 Å². The summed E-state index contributed by atoms with van der Waals surface area (Å²) in [5.74, 6) is 0.117. The molecule has 0 saturated heterocycles. The van der Waals surface area contributed by atoms with Gasteiger partial charge in [0.25, 0.3) is 0 Å². The van der Waals surface area contributed by atoms with E-state index in [9.17, 15) is 9.90 Å². The first kappa shape index (κ1) is 14.5. The molecule has 0 spiro atoms. The van der Waals surface area contributed by atoms with Crippen LogP contribution in [0.1, 0.15) is 39.5 Å². The maximum atomic E-state index is 12.2. The summed E-state index contributed by atoms with van der Waals surface area (Å²) in [4.78, 5) is 13.9. The standard InChI is InChI=1S/C13H26N2O2/c1-4-14-9-10(2)13(17)15(3)11-7-5-6-8-12(11)16/h10-12,14,16H,4-9H2,1-3H3. The third kappa shape index (κ3) is 3.96. The van der Waals surface area contributed by atoms with Crippen LogP contribution >= 0.6 is 0 Å². The van der Waals surface area contributed by atoms with Gasteiger partial charge in [-0.1, -0.05) is 26.7 Å². The van der Waals surface area contributed by atoms with Gasteiger partial charge in [-0.3, -0.25) is 4.79 Å². The molecule has 0 radical (unpaired) electrons. The van der Waals surface area contributed by atoms with E-state index >= 15 is 0 Å². The summed E-state index contributed by atoms with van der Waals surface area (Å²) in [5.41, 5.74) is 0. The van der Waals surface area contributed by atoms with Crippen LogP contribution in [0.15, 0.2) is 0 Å². The van der Waals surface area contributed by atoms with Crippen molar-refractivity contribution in [2.45, 2.75) is 51.7 Å². The minimum absolute atomic E-state index is 0.0142. The van der Waals surface area contributed by atoms with Gasteiger partial charge in [0.2, 0.25) is 5.91 Å². The molecule has 0 aromatic carbocycles. The molecule has 2 N–H and O–H groups in total. The molecule has 100 valence electrons. The number of carbonyl (C=O) groups is 1. The molecule has 1 rings (SSSR count). The Morgan fingerprint density at radius 1 is 1.47 bits per heavy atom. The van der Waals surface area contributed by atoms with Gasteiger partial charge in [0.05, 0.1) is 12.1 Å². The summed E-state index contributed by atoms with van der Waals surface area (Å²) in [7, 11) is 1.82. The fourth-order valence-electron chi connectivity index (χ4n) is 2.50. The average molecular weight is 242 g/mol. The third-order valence-corrected chi connectivity index (χ3v) is 3.66. The van der Waals surface area contributed by atoms with Crippen molar-refractivity contribution in [1.29, 1.82) is 0 Å². The van der Waals surface area contributed by atoms with E-state index in [1.165, 1.54) is 0 Å². The molecular formula is C13H26N2O2. The molecular weight excluding hydrogens is 216 g/mol. The number of amides is 1. The zero-order valence-electron chi connectivity index (χ0n) is 11.3. The molecule has 1 aliphatic rings. The maximum Gasteiger partial charge on any atom is 0.226 e. The minimum atomic E-state index is -0.343. The number of likely N-dealkylation sites (N-methyl/N-ethyl adjacent to an activating group) is 1. The highest BCUT2D eigenvalue weighted by molar-refractivity contribution is 5.78. The van der Waals surface area contributed by atoms with Crippen molar-refractivity contribution in [3.8, 4) is 0 Å². The number of aliphatic hydroxyl groups excluding tert-OH is 1. The van der Waals surface area contributed by atoms with E-state index in [1.54, 1.807) is 4.90 Å². The number of carbonyl (C=O) groups excluding carboxylic acids is 1. The first-order chi connectivity index (χ1) is 8.07. The first-order valence-corrected chi connectivity index (χ1v) is 6.73. The van der Waals surface area contributed by atoms with Crippen molar-refractivity contribution < 1.29 is 9.90 Å². The molecule has 1 amide bonds. The van der Waals surface area contributed by atoms with Crippen molar-refractivity contribution in [1.82, 2.24) is 10.2 Å². The Morgan fingerprint density at radius 2 is 2.12 bits per heavy atom.